The predicted octanol–water partition coefficient (Wildman–Crippen LogP) is 9.38. The van der Waals surface area contributed by atoms with Crippen molar-refractivity contribution in [1.29, 1.82) is 0 Å². The molecule has 0 aliphatic carbocycles. The zero-order valence-electron chi connectivity index (χ0n) is 24.7. The van der Waals surface area contributed by atoms with E-state index in [9.17, 15) is 0 Å². The highest BCUT2D eigenvalue weighted by molar-refractivity contribution is 5.47. The van der Waals surface area contributed by atoms with E-state index < -0.39 is 5.60 Å². The Labute approximate surface area is 247 Å². The Balaban J connectivity index is 1.23. The van der Waals surface area contributed by atoms with E-state index in [1.807, 2.05) is 18.2 Å². The molecule has 3 heteroatoms. The smallest absolute Gasteiger partial charge is 0.143 e. The van der Waals surface area contributed by atoms with Crippen molar-refractivity contribution in [3.63, 3.8) is 0 Å². The molecule has 0 bridgehead atoms. The van der Waals surface area contributed by atoms with Crippen LogP contribution in [0.4, 0.5) is 0 Å². The normalized spacial score (nSPS) is 11.4. The summed E-state index contributed by atoms with van der Waals surface area (Å²) in [7, 11) is 0. The van der Waals surface area contributed by atoms with Gasteiger partial charge in [0.25, 0.3) is 0 Å². The minimum absolute atomic E-state index is 0.450. The maximum atomic E-state index is 6.76. The van der Waals surface area contributed by atoms with Crippen molar-refractivity contribution in [3.05, 3.63) is 138 Å². The van der Waals surface area contributed by atoms with Gasteiger partial charge in [0.05, 0.1) is 19.8 Å². The van der Waals surface area contributed by atoms with E-state index >= 15 is 0 Å². The number of unbranched alkanes of at least 4 members (excludes halogenated alkanes) is 6. The van der Waals surface area contributed by atoms with Crippen LogP contribution in [-0.2, 0) is 21.5 Å². The molecule has 0 atom stereocenters. The molecule has 41 heavy (non-hydrogen) atoms. The van der Waals surface area contributed by atoms with Gasteiger partial charge in [-0.05, 0) is 47.2 Å². The van der Waals surface area contributed by atoms with E-state index in [1.54, 1.807) is 0 Å². The molecule has 0 saturated carbocycles. The summed E-state index contributed by atoms with van der Waals surface area (Å²) in [5, 5.41) is 0. The lowest BCUT2D eigenvalue weighted by Crippen LogP contribution is -2.34. The number of aryl methyl sites for hydroxylation is 1. The lowest BCUT2D eigenvalue weighted by molar-refractivity contribution is -0.0271. The zero-order chi connectivity index (χ0) is 28.4. The lowest BCUT2D eigenvalue weighted by Gasteiger charge is -2.36. The van der Waals surface area contributed by atoms with Gasteiger partial charge in [-0.1, -0.05) is 149 Å². The van der Waals surface area contributed by atoms with Gasteiger partial charge in [-0.2, -0.15) is 0 Å². The Morgan fingerprint density at radius 1 is 0.488 bits per heavy atom. The van der Waals surface area contributed by atoms with Gasteiger partial charge >= 0.3 is 0 Å². The highest BCUT2D eigenvalue weighted by atomic mass is 16.6. The van der Waals surface area contributed by atoms with Gasteiger partial charge in [-0.15, -0.1) is 0 Å². The number of rotatable bonds is 19. The van der Waals surface area contributed by atoms with Crippen molar-refractivity contribution >= 4 is 0 Å². The second-order valence-corrected chi connectivity index (χ2v) is 10.6. The third-order valence-corrected chi connectivity index (χ3v) is 7.58. The molecule has 0 aromatic heterocycles. The molecular formula is C38H46O3. The minimum atomic E-state index is -0.722. The molecule has 0 saturated heterocycles. The summed E-state index contributed by atoms with van der Waals surface area (Å²) in [5.74, 6) is 0.893. The molecule has 0 fully saturated rings. The van der Waals surface area contributed by atoms with Crippen molar-refractivity contribution in [2.75, 3.05) is 26.4 Å². The van der Waals surface area contributed by atoms with Gasteiger partial charge in [0.2, 0.25) is 0 Å². The molecule has 0 heterocycles. The van der Waals surface area contributed by atoms with Crippen LogP contribution in [0.25, 0.3) is 0 Å². The average molecular weight is 551 g/mol. The molecule has 4 aromatic rings. The molecule has 0 unspecified atom stereocenters. The first-order chi connectivity index (χ1) is 20.3. The summed E-state index contributed by atoms with van der Waals surface area (Å²) >= 11 is 0. The van der Waals surface area contributed by atoms with Crippen LogP contribution in [0.3, 0.4) is 0 Å². The SMILES string of the molecule is CCCCCCCCCc1ccc(OCCOCCOC(c2ccccc2)(c2ccccc2)c2ccccc2)cc1. The van der Waals surface area contributed by atoms with Crippen molar-refractivity contribution in [2.24, 2.45) is 0 Å². The molecule has 4 aromatic carbocycles. The number of hydrogen-bond donors (Lipinski definition) is 0. The quantitative estimate of drug-likeness (QED) is 0.0860. The van der Waals surface area contributed by atoms with Gasteiger partial charge in [-0.3, -0.25) is 0 Å². The van der Waals surface area contributed by atoms with Crippen LogP contribution in [0.15, 0.2) is 115 Å². The van der Waals surface area contributed by atoms with Gasteiger partial charge < -0.3 is 14.2 Å². The van der Waals surface area contributed by atoms with E-state index in [2.05, 4.69) is 104 Å². The summed E-state index contributed by atoms with van der Waals surface area (Å²) in [4.78, 5) is 0. The second-order valence-electron chi connectivity index (χ2n) is 10.6. The van der Waals surface area contributed by atoms with Crippen LogP contribution in [0, 0.1) is 0 Å². The third kappa shape index (κ3) is 9.31. The Bertz CT molecular complexity index is 1110. The van der Waals surface area contributed by atoms with Crippen LogP contribution >= 0.6 is 0 Å². The topological polar surface area (TPSA) is 27.7 Å². The first kappa shape index (κ1) is 30.6. The van der Waals surface area contributed by atoms with Crippen molar-refractivity contribution in [3.8, 4) is 5.75 Å². The maximum Gasteiger partial charge on any atom is 0.143 e. The highest BCUT2D eigenvalue weighted by Gasteiger charge is 2.37. The Morgan fingerprint density at radius 2 is 0.976 bits per heavy atom. The maximum absolute atomic E-state index is 6.76. The van der Waals surface area contributed by atoms with Crippen molar-refractivity contribution in [2.45, 2.75) is 63.9 Å². The number of hydrogen-bond acceptors (Lipinski definition) is 3. The van der Waals surface area contributed by atoms with Gasteiger partial charge in [0.1, 0.15) is 18.0 Å². The van der Waals surface area contributed by atoms with E-state index in [4.69, 9.17) is 14.2 Å². The standard InChI is InChI=1S/C38H46O3/c1-2-3-4-5-6-7-11-18-33-25-27-37(28-26-33)40-31-29-39-30-32-41-38(34-19-12-8-13-20-34,35-21-14-9-15-22-35)36-23-16-10-17-24-36/h8-10,12-17,19-28H,2-7,11,18,29-32H2,1H3. The van der Waals surface area contributed by atoms with Crippen LogP contribution in [0.5, 0.6) is 5.75 Å². The predicted molar refractivity (Wildman–Crippen MR) is 170 cm³/mol. The minimum Gasteiger partial charge on any atom is -0.491 e. The van der Waals surface area contributed by atoms with Gasteiger partial charge in [-0.25, -0.2) is 0 Å². The lowest BCUT2D eigenvalue weighted by atomic mass is 9.80. The molecule has 0 N–H and O–H groups in total. The fraction of sp³-hybridized carbons (Fsp3) is 0.368. The van der Waals surface area contributed by atoms with Crippen LogP contribution < -0.4 is 4.74 Å². The van der Waals surface area contributed by atoms with Crippen molar-refractivity contribution in [1.82, 2.24) is 0 Å². The molecule has 216 valence electrons. The van der Waals surface area contributed by atoms with Gasteiger partial charge in [0, 0.05) is 0 Å². The summed E-state index contributed by atoms with van der Waals surface area (Å²) in [6.07, 6.45) is 10.5. The van der Waals surface area contributed by atoms with E-state index in [0.717, 1.165) is 28.9 Å². The molecule has 0 radical (unpaired) electrons. The molecule has 0 aliphatic heterocycles. The first-order valence-electron chi connectivity index (χ1n) is 15.4. The summed E-state index contributed by atoms with van der Waals surface area (Å²) in [6.45, 7) is 4.23. The average Bonchev–Trinajstić information content (AvgIpc) is 3.04. The highest BCUT2D eigenvalue weighted by Crippen LogP contribution is 2.40. The van der Waals surface area contributed by atoms with Crippen LogP contribution in [0.2, 0.25) is 0 Å². The zero-order valence-corrected chi connectivity index (χ0v) is 24.7. The Hall–Kier alpha value is -3.40. The fourth-order valence-corrected chi connectivity index (χ4v) is 5.38. The van der Waals surface area contributed by atoms with Gasteiger partial charge in [0.15, 0.2) is 0 Å². The fourth-order valence-electron chi connectivity index (χ4n) is 5.38. The molecular weight excluding hydrogens is 504 g/mol. The summed E-state index contributed by atoms with van der Waals surface area (Å²) in [5.41, 5.74) is 3.95. The third-order valence-electron chi connectivity index (χ3n) is 7.58. The van der Waals surface area contributed by atoms with E-state index in [1.165, 1.54) is 50.5 Å². The van der Waals surface area contributed by atoms with Crippen LogP contribution in [0.1, 0.15) is 74.1 Å². The number of ether oxygens (including phenoxy) is 3. The molecule has 0 spiro atoms. The Kier molecular flexibility index (Phi) is 13.0. The van der Waals surface area contributed by atoms with E-state index in [0.29, 0.717) is 26.4 Å². The van der Waals surface area contributed by atoms with Crippen molar-refractivity contribution < 1.29 is 14.2 Å². The molecule has 4 rings (SSSR count). The number of benzene rings is 4. The second kappa shape index (κ2) is 17.4. The largest absolute Gasteiger partial charge is 0.491 e. The molecule has 0 amide bonds. The van der Waals surface area contributed by atoms with Crippen LogP contribution in [-0.4, -0.2) is 26.4 Å². The molecule has 3 nitrogen and oxygen atoms in total. The summed E-state index contributed by atoms with van der Waals surface area (Å²) in [6, 6.07) is 39.8. The monoisotopic (exact) mass is 550 g/mol. The Morgan fingerprint density at radius 3 is 1.51 bits per heavy atom. The molecule has 0 aliphatic rings. The summed E-state index contributed by atoms with van der Waals surface area (Å²) < 4.78 is 18.6. The first-order valence-corrected chi connectivity index (χ1v) is 15.4. The van der Waals surface area contributed by atoms with E-state index in [-0.39, 0.29) is 0 Å².